The molecule has 1 aromatic rings. The fourth-order valence-electron chi connectivity index (χ4n) is 1.33. The van der Waals surface area contributed by atoms with Crippen LogP contribution in [0.1, 0.15) is 0 Å². The molecule has 0 bridgehead atoms. The second-order valence-corrected chi connectivity index (χ2v) is 3.15. The molecule has 0 aromatic heterocycles. The molecule has 1 aliphatic heterocycles. The number of anilines is 2. The standard InChI is InChI=1S/C10H8N2O4/c13-4-9(14)11-6-1-2-8-7(3-6)12-10(15)5-16-8/h1-4H,5H2,(H,11,14)(H,12,15). The molecule has 0 atom stereocenters. The van der Waals surface area contributed by atoms with Gasteiger partial charge in [0, 0.05) is 5.69 Å². The number of nitrogens with one attached hydrogen (secondary N) is 2. The highest BCUT2D eigenvalue weighted by Crippen LogP contribution is 2.30. The molecule has 6 heteroatoms. The topological polar surface area (TPSA) is 84.5 Å². The van der Waals surface area contributed by atoms with Crippen LogP contribution in [0.5, 0.6) is 5.75 Å². The minimum Gasteiger partial charge on any atom is -0.482 e. The summed E-state index contributed by atoms with van der Waals surface area (Å²) in [5, 5.41) is 4.93. The highest BCUT2D eigenvalue weighted by molar-refractivity contribution is 6.29. The zero-order valence-corrected chi connectivity index (χ0v) is 8.15. The van der Waals surface area contributed by atoms with Crippen molar-refractivity contribution in [3.05, 3.63) is 18.2 Å². The first-order valence-corrected chi connectivity index (χ1v) is 4.52. The maximum atomic E-state index is 11.0. The zero-order valence-electron chi connectivity index (χ0n) is 8.15. The molecule has 0 fully saturated rings. The van der Waals surface area contributed by atoms with Gasteiger partial charge in [-0.1, -0.05) is 0 Å². The van der Waals surface area contributed by atoms with Crippen molar-refractivity contribution in [3.63, 3.8) is 0 Å². The van der Waals surface area contributed by atoms with Gasteiger partial charge in [0.25, 0.3) is 11.8 Å². The Morgan fingerprint density at radius 3 is 3.06 bits per heavy atom. The lowest BCUT2D eigenvalue weighted by molar-refractivity contribution is -0.127. The van der Waals surface area contributed by atoms with E-state index in [4.69, 9.17) is 4.74 Å². The average molecular weight is 220 g/mol. The smallest absolute Gasteiger partial charge is 0.288 e. The van der Waals surface area contributed by atoms with E-state index in [9.17, 15) is 14.4 Å². The normalized spacial score (nSPS) is 13.1. The molecule has 16 heavy (non-hydrogen) atoms. The molecule has 0 radical (unpaired) electrons. The van der Waals surface area contributed by atoms with Crippen molar-refractivity contribution in [2.75, 3.05) is 17.2 Å². The van der Waals surface area contributed by atoms with Crippen molar-refractivity contribution in [2.24, 2.45) is 0 Å². The van der Waals surface area contributed by atoms with Crippen LogP contribution in [0.3, 0.4) is 0 Å². The zero-order chi connectivity index (χ0) is 11.5. The second kappa shape index (κ2) is 4.01. The van der Waals surface area contributed by atoms with E-state index >= 15 is 0 Å². The Labute approximate surface area is 90.6 Å². The van der Waals surface area contributed by atoms with Crippen LogP contribution >= 0.6 is 0 Å². The van der Waals surface area contributed by atoms with Gasteiger partial charge in [0.1, 0.15) is 5.75 Å². The molecular weight excluding hydrogens is 212 g/mol. The largest absolute Gasteiger partial charge is 0.482 e. The van der Waals surface area contributed by atoms with Crippen LogP contribution in [-0.4, -0.2) is 24.7 Å². The molecule has 2 N–H and O–H groups in total. The maximum Gasteiger partial charge on any atom is 0.288 e. The summed E-state index contributed by atoms with van der Waals surface area (Å²) in [6.07, 6.45) is 0.175. The molecule has 0 saturated heterocycles. The third kappa shape index (κ3) is 2.00. The third-order valence-electron chi connectivity index (χ3n) is 1.99. The Morgan fingerprint density at radius 2 is 2.31 bits per heavy atom. The van der Waals surface area contributed by atoms with E-state index in [0.29, 0.717) is 17.1 Å². The van der Waals surface area contributed by atoms with Crippen molar-refractivity contribution in [2.45, 2.75) is 0 Å². The molecule has 2 rings (SSSR count). The van der Waals surface area contributed by atoms with Gasteiger partial charge in [-0.05, 0) is 18.2 Å². The third-order valence-corrected chi connectivity index (χ3v) is 1.99. The predicted octanol–water partition coefficient (Wildman–Crippen LogP) is 0.155. The summed E-state index contributed by atoms with van der Waals surface area (Å²) in [5.74, 6) is -0.474. The summed E-state index contributed by atoms with van der Waals surface area (Å²) in [6.45, 7) is -0.0208. The van der Waals surface area contributed by atoms with Gasteiger partial charge in [-0.15, -0.1) is 0 Å². The summed E-state index contributed by atoms with van der Waals surface area (Å²) < 4.78 is 5.13. The first-order valence-electron chi connectivity index (χ1n) is 4.52. The maximum absolute atomic E-state index is 11.0. The number of carbonyl (C=O) groups excluding carboxylic acids is 3. The molecule has 0 unspecified atom stereocenters. The minimum atomic E-state index is -0.747. The Morgan fingerprint density at radius 1 is 1.50 bits per heavy atom. The van der Waals surface area contributed by atoms with Gasteiger partial charge >= 0.3 is 0 Å². The van der Waals surface area contributed by atoms with Gasteiger partial charge < -0.3 is 15.4 Å². The van der Waals surface area contributed by atoms with Gasteiger partial charge in [-0.3, -0.25) is 14.4 Å². The van der Waals surface area contributed by atoms with Crippen molar-refractivity contribution in [1.29, 1.82) is 0 Å². The number of aldehydes is 1. The van der Waals surface area contributed by atoms with Crippen molar-refractivity contribution in [3.8, 4) is 5.75 Å². The van der Waals surface area contributed by atoms with E-state index in [2.05, 4.69) is 10.6 Å². The lowest BCUT2D eigenvalue weighted by Gasteiger charge is -2.18. The van der Waals surface area contributed by atoms with Crippen LogP contribution < -0.4 is 15.4 Å². The number of hydrogen-bond acceptors (Lipinski definition) is 4. The van der Waals surface area contributed by atoms with Gasteiger partial charge in [0.15, 0.2) is 6.61 Å². The summed E-state index contributed by atoms with van der Waals surface area (Å²) >= 11 is 0. The van der Waals surface area contributed by atoms with Gasteiger partial charge in [0.05, 0.1) is 5.69 Å². The van der Waals surface area contributed by atoms with Crippen LogP contribution in [0.2, 0.25) is 0 Å². The van der Waals surface area contributed by atoms with Crippen LogP contribution in [0.25, 0.3) is 0 Å². The number of carbonyl (C=O) groups is 3. The quantitative estimate of drug-likeness (QED) is 0.549. The first-order chi connectivity index (χ1) is 7.69. The fourth-order valence-corrected chi connectivity index (χ4v) is 1.33. The number of rotatable bonds is 2. The van der Waals surface area contributed by atoms with E-state index in [1.807, 2.05) is 0 Å². The minimum absolute atomic E-state index is 0.0208. The van der Waals surface area contributed by atoms with Gasteiger partial charge in [-0.25, -0.2) is 0 Å². The highest BCUT2D eigenvalue weighted by atomic mass is 16.5. The van der Waals surface area contributed by atoms with E-state index in [1.54, 1.807) is 12.1 Å². The molecule has 0 aliphatic carbocycles. The molecular formula is C10H8N2O4. The summed E-state index contributed by atoms with van der Waals surface area (Å²) in [7, 11) is 0. The molecule has 0 spiro atoms. The van der Waals surface area contributed by atoms with Crippen LogP contribution in [-0.2, 0) is 14.4 Å². The number of ether oxygens (including phenoxy) is 1. The summed E-state index contributed by atoms with van der Waals surface area (Å²) in [5.41, 5.74) is 0.890. The molecule has 0 saturated carbocycles. The van der Waals surface area contributed by atoms with Crippen LogP contribution in [0, 0.1) is 0 Å². The Balaban J connectivity index is 2.24. The lowest BCUT2D eigenvalue weighted by Crippen LogP contribution is -2.25. The Bertz CT molecular complexity index is 470. The molecule has 1 aromatic carbocycles. The van der Waals surface area contributed by atoms with E-state index in [0.717, 1.165) is 0 Å². The lowest BCUT2D eigenvalue weighted by atomic mass is 10.2. The summed E-state index contributed by atoms with van der Waals surface area (Å²) in [6, 6.07) is 4.71. The number of benzene rings is 1. The molecule has 2 amide bonds. The summed E-state index contributed by atoms with van der Waals surface area (Å²) in [4.78, 5) is 32.0. The highest BCUT2D eigenvalue weighted by Gasteiger charge is 2.16. The van der Waals surface area contributed by atoms with E-state index in [-0.39, 0.29) is 18.8 Å². The molecule has 1 heterocycles. The Kier molecular flexibility index (Phi) is 2.55. The van der Waals surface area contributed by atoms with Crippen molar-refractivity contribution >= 4 is 29.5 Å². The van der Waals surface area contributed by atoms with Gasteiger partial charge in [-0.2, -0.15) is 0 Å². The number of hydrogen-bond donors (Lipinski definition) is 2. The van der Waals surface area contributed by atoms with E-state index < -0.39 is 5.91 Å². The Hall–Kier alpha value is -2.37. The first kappa shape index (κ1) is 10.2. The van der Waals surface area contributed by atoms with E-state index in [1.165, 1.54) is 6.07 Å². The molecule has 6 nitrogen and oxygen atoms in total. The number of amides is 2. The molecule has 1 aliphatic rings. The molecule has 82 valence electrons. The van der Waals surface area contributed by atoms with Gasteiger partial charge in [0.2, 0.25) is 6.29 Å². The monoisotopic (exact) mass is 220 g/mol. The fraction of sp³-hybridized carbons (Fsp3) is 0.100. The van der Waals surface area contributed by atoms with Crippen LogP contribution in [0.4, 0.5) is 11.4 Å². The number of fused-ring (bicyclic) bond motifs is 1. The van der Waals surface area contributed by atoms with Crippen molar-refractivity contribution in [1.82, 2.24) is 0 Å². The van der Waals surface area contributed by atoms with Crippen molar-refractivity contribution < 1.29 is 19.1 Å². The SMILES string of the molecule is O=CC(=O)Nc1ccc2c(c1)NC(=O)CO2. The predicted molar refractivity (Wildman–Crippen MR) is 55.3 cm³/mol. The van der Waals surface area contributed by atoms with Crippen LogP contribution in [0.15, 0.2) is 18.2 Å². The average Bonchev–Trinajstić information content (AvgIpc) is 2.28. The second-order valence-electron chi connectivity index (χ2n) is 3.15.